The van der Waals surface area contributed by atoms with E-state index in [0.717, 1.165) is 0 Å². The van der Waals surface area contributed by atoms with E-state index in [1.54, 1.807) is 0 Å². The van der Waals surface area contributed by atoms with Crippen molar-refractivity contribution < 1.29 is 111 Å². The molecular formula is C17H9F23O2. The van der Waals surface area contributed by atoms with Crippen LogP contribution in [0.4, 0.5) is 101 Å². The van der Waals surface area contributed by atoms with E-state index in [2.05, 4.69) is 11.3 Å². The van der Waals surface area contributed by atoms with Crippen LogP contribution >= 0.6 is 0 Å². The minimum Gasteiger partial charge on any atom is -0.462 e. The summed E-state index contributed by atoms with van der Waals surface area (Å²) in [4.78, 5) is 10.6. The van der Waals surface area contributed by atoms with Gasteiger partial charge in [0.2, 0.25) is 0 Å². The fourth-order valence-electron chi connectivity index (χ4n) is 2.46. The van der Waals surface area contributed by atoms with Crippen LogP contribution in [0.15, 0.2) is 12.7 Å². The second kappa shape index (κ2) is 10.6. The lowest BCUT2D eigenvalue weighted by Crippen LogP contribution is -2.72. The molecule has 0 radical (unpaired) electrons. The predicted molar refractivity (Wildman–Crippen MR) is 85.9 cm³/mol. The minimum absolute atomic E-state index is 0.124. The van der Waals surface area contributed by atoms with Crippen molar-refractivity contribution in [2.75, 3.05) is 6.61 Å². The van der Waals surface area contributed by atoms with Crippen LogP contribution in [-0.4, -0.2) is 78.0 Å². The first-order valence-corrected chi connectivity index (χ1v) is 9.55. The zero-order valence-corrected chi connectivity index (χ0v) is 18.9. The van der Waals surface area contributed by atoms with Gasteiger partial charge in [-0.05, 0) is 0 Å². The standard InChI is InChI=1S/C17H9F23O2/c1-2-6(41)42-4-3-7(18,19)10(24,25)13(30,31)11(26,27)8(20,21)5-9(22,23)12(28,29)14(32,33)15(34,35)16(36,37)17(38,39)40/h2H,1,3-5H2. The van der Waals surface area contributed by atoms with Crippen molar-refractivity contribution in [2.45, 2.75) is 78.2 Å². The first-order valence-electron chi connectivity index (χ1n) is 9.55. The van der Waals surface area contributed by atoms with Gasteiger partial charge in [-0.3, -0.25) is 0 Å². The Morgan fingerprint density at radius 2 is 0.762 bits per heavy atom. The Morgan fingerprint density at radius 3 is 1.07 bits per heavy atom. The summed E-state index contributed by atoms with van der Waals surface area (Å²) in [6.07, 6.45) is -16.2. The van der Waals surface area contributed by atoms with Crippen LogP contribution in [-0.2, 0) is 9.53 Å². The zero-order valence-electron chi connectivity index (χ0n) is 18.9. The van der Waals surface area contributed by atoms with Gasteiger partial charge in [-0.2, -0.15) is 101 Å². The summed E-state index contributed by atoms with van der Waals surface area (Å²) in [5.41, 5.74) is 0. The largest absolute Gasteiger partial charge is 0.462 e. The molecule has 0 amide bonds. The smallest absolute Gasteiger partial charge is 0.460 e. The average Bonchev–Trinajstić information content (AvgIpc) is 2.76. The van der Waals surface area contributed by atoms with Crippen LogP contribution in [0.1, 0.15) is 12.8 Å². The Balaban J connectivity index is 6.67. The SMILES string of the molecule is C=CC(=O)OCCC(F)(F)C(F)(F)C(F)(F)C(F)(F)C(F)(F)CC(F)(F)C(F)(F)C(F)(F)C(F)(F)C(F)(F)C(F)(F)F. The monoisotopic (exact) mass is 682 g/mol. The Hall–Kier alpha value is -2.40. The molecule has 0 fully saturated rings. The van der Waals surface area contributed by atoms with Crippen LogP contribution in [0.25, 0.3) is 0 Å². The van der Waals surface area contributed by atoms with E-state index in [4.69, 9.17) is 0 Å². The molecule has 0 unspecified atom stereocenters. The molecule has 0 saturated carbocycles. The quantitative estimate of drug-likeness (QED) is 0.105. The van der Waals surface area contributed by atoms with Crippen LogP contribution in [0.5, 0.6) is 0 Å². The summed E-state index contributed by atoms with van der Waals surface area (Å²) in [5.74, 6) is -84.2. The molecule has 0 aliphatic heterocycles. The van der Waals surface area contributed by atoms with Crippen molar-refractivity contribution in [1.29, 1.82) is 0 Å². The van der Waals surface area contributed by atoms with Crippen molar-refractivity contribution >= 4 is 5.97 Å². The van der Waals surface area contributed by atoms with Crippen molar-refractivity contribution in [3.63, 3.8) is 0 Å². The Bertz CT molecular complexity index is 991. The molecule has 0 spiro atoms. The van der Waals surface area contributed by atoms with Gasteiger partial charge in [-0.15, -0.1) is 0 Å². The van der Waals surface area contributed by atoms with Gasteiger partial charge in [-0.1, -0.05) is 6.58 Å². The van der Waals surface area contributed by atoms with E-state index in [0.29, 0.717) is 0 Å². The summed E-state index contributed by atoms with van der Waals surface area (Å²) in [5, 5.41) is 0. The molecule has 25 heteroatoms. The highest BCUT2D eigenvalue weighted by Gasteiger charge is 2.92. The van der Waals surface area contributed by atoms with Gasteiger partial charge in [0, 0.05) is 6.08 Å². The fraction of sp³-hybridized carbons (Fsp3) is 0.824. The van der Waals surface area contributed by atoms with E-state index in [1.165, 1.54) is 0 Å². The molecule has 250 valence electrons. The van der Waals surface area contributed by atoms with E-state index >= 15 is 0 Å². The van der Waals surface area contributed by atoms with E-state index in [-0.39, 0.29) is 6.08 Å². The van der Waals surface area contributed by atoms with Gasteiger partial charge >= 0.3 is 71.4 Å². The molecule has 0 aliphatic rings. The molecule has 0 aromatic carbocycles. The number of halogens is 23. The molecule has 0 heterocycles. The molecule has 42 heavy (non-hydrogen) atoms. The van der Waals surface area contributed by atoms with Crippen molar-refractivity contribution in [2.24, 2.45) is 0 Å². The molecule has 0 bridgehead atoms. The summed E-state index contributed by atoms with van der Waals surface area (Å²) in [6, 6.07) is 0. The fourth-order valence-corrected chi connectivity index (χ4v) is 2.46. The highest BCUT2D eigenvalue weighted by Crippen LogP contribution is 2.64. The van der Waals surface area contributed by atoms with Crippen LogP contribution < -0.4 is 0 Å². The first kappa shape index (κ1) is 39.6. The molecular weight excluding hydrogens is 673 g/mol. The number of ether oxygens (including phenoxy) is 1. The molecule has 0 aliphatic carbocycles. The highest BCUT2D eigenvalue weighted by atomic mass is 19.4. The van der Waals surface area contributed by atoms with E-state index in [1.807, 2.05) is 0 Å². The maximum atomic E-state index is 13.7. The predicted octanol–water partition coefficient (Wildman–Crippen LogP) is 8.41. The topological polar surface area (TPSA) is 26.3 Å². The molecule has 0 saturated heterocycles. The van der Waals surface area contributed by atoms with Crippen molar-refractivity contribution in [1.82, 2.24) is 0 Å². The lowest BCUT2D eigenvalue weighted by molar-refractivity contribution is -0.447. The Kier molecular flexibility index (Phi) is 10.0. The second-order valence-corrected chi connectivity index (χ2v) is 7.93. The third kappa shape index (κ3) is 5.75. The Morgan fingerprint density at radius 1 is 0.476 bits per heavy atom. The third-order valence-electron chi connectivity index (χ3n) is 4.98. The van der Waals surface area contributed by atoms with Crippen LogP contribution in [0, 0.1) is 0 Å². The van der Waals surface area contributed by atoms with Crippen LogP contribution in [0.3, 0.4) is 0 Å². The van der Waals surface area contributed by atoms with Gasteiger partial charge in [0.05, 0.1) is 19.4 Å². The van der Waals surface area contributed by atoms with Gasteiger partial charge in [0.15, 0.2) is 0 Å². The number of hydrogen-bond acceptors (Lipinski definition) is 2. The van der Waals surface area contributed by atoms with Gasteiger partial charge < -0.3 is 4.74 Å². The summed E-state index contributed by atoms with van der Waals surface area (Å²) in [6.45, 7) is 0.522. The molecule has 0 rings (SSSR count). The lowest BCUT2D eigenvalue weighted by atomic mass is 9.87. The molecule has 0 aromatic heterocycles. The number of rotatable bonds is 14. The van der Waals surface area contributed by atoms with E-state index in [9.17, 15) is 106 Å². The second-order valence-electron chi connectivity index (χ2n) is 7.93. The lowest BCUT2D eigenvalue weighted by Gasteiger charge is -2.42. The number of carbonyl (C=O) groups excluding carboxylic acids is 1. The highest BCUT2D eigenvalue weighted by molar-refractivity contribution is 5.81. The van der Waals surface area contributed by atoms with Crippen molar-refractivity contribution in [3.8, 4) is 0 Å². The van der Waals surface area contributed by atoms with Gasteiger partial charge in [0.1, 0.15) is 0 Å². The van der Waals surface area contributed by atoms with Gasteiger partial charge in [-0.25, -0.2) is 4.79 Å². The third-order valence-corrected chi connectivity index (χ3v) is 4.98. The number of esters is 1. The molecule has 0 aromatic rings. The first-order chi connectivity index (χ1) is 17.9. The number of alkyl halides is 23. The van der Waals surface area contributed by atoms with Gasteiger partial charge in [0.25, 0.3) is 0 Å². The summed E-state index contributed by atoms with van der Waals surface area (Å²) < 4.78 is 309. The number of carbonyl (C=O) groups is 1. The summed E-state index contributed by atoms with van der Waals surface area (Å²) >= 11 is 0. The maximum Gasteiger partial charge on any atom is 0.460 e. The molecule has 0 atom stereocenters. The normalized spacial score (nSPS) is 16.0. The zero-order chi connectivity index (χ0) is 34.6. The van der Waals surface area contributed by atoms with Crippen molar-refractivity contribution in [3.05, 3.63) is 12.7 Å². The minimum atomic E-state index is -8.86. The van der Waals surface area contributed by atoms with E-state index < -0.39 is 90.8 Å². The molecule has 2 nitrogen and oxygen atoms in total. The Labute approximate surface area is 215 Å². The molecule has 0 N–H and O–H groups in total. The van der Waals surface area contributed by atoms with Crippen LogP contribution in [0.2, 0.25) is 0 Å². The average molecular weight is 682 g/mol. The maximum absolute atomic E-state index is 13.7. The number of hydrogen-bond donors (Lipinski definition) is 0. The summed E-state index contributed by atoms with van der Waals surface area (Å²) in [7, 11) is 0.